The first kappa shape index (κ1) is 20.6. The van der Waals surface area contributed by atoms with Crippen LogP contribution in [0.1, 0.15) is 33.1 Å². The fourth-order valence-corrected chi connectivity index (χ4v) is 5.43. The van der Waals surface area contributed by atoms with Gasteiger partial charge in [-0.15, -0.1) is 0 Å². The van der Waals surface area contributed by atoms with Gasteiger partial charge in [-0.05, 0) is 44.4 Å². The summed E-state index contributed by atoms with van der Waals surface area (Å²) in [4.78, 5) is 20.6. The van der Waals surface area contributed by atoms with E-state index < -0.39 is 16.1 Å². The normalized spacial score (nSPS) is 18.5. The maximum absolute atomic E-state index is 13.3. The van der Waals surface area contributed by atoms with Crippen LogP contribution in [0.2, 0.25) is 0 Å². The first-order valence-corrected chi connectivity index (χ1v) is 11.7. The number of aromatic amines is 1. The van der Waals surface area contributed by atoms with Gasteiger partial charge in [0.15, 0.2) is 0 Å². The number of H-pyrrole nitrogens is 1. The second kappa shape index (κ2) is 8.20. The zero-order valence-corrected chi connectivity index (χ0v) is 17.9. The molecule has 1 fully saturated rings. The van der Waals surface area contributed by atoms with Gasteiger partial charge < -0.3 is 10.3 Å². The highest BCUT2D eigenvalue weighted by Gasteiger charge is 2.39. The molecule has 2 heterocycles. The maximum Gasteiger partial charge on any atom is 0.243 e. The number of hydrogen-bond acceptors (Lipinski definition) is 4. The Labute approximate surface area is 176 Å². The molecule has 3 aromatic rings. The fourth-order valence-electron chi connectivity index (χ4n) is 3.75. The minimum absolute atomic E-state index is 0.0143. The number of carbonyl (C=O) groups excluding carboxylic acids is 1. The largest absolute Gasteiger partial charge is 0.352 e. The molecule has 7 nitrogen and oxygen atoms in total. The van der Waals surface area contributed by atoms with Gasteiger partial charge in [0.25, 0.3) is 0 Å². The van der Waals surface area contributed by atoms with Gasteiger partial charge in [0.1, 0.15) is 11.9 Å². The summed E-state index contributed by atoms with van der Waals surface area (Å²) in [7, 11) is -3.80. The number of nitrogens with one attached hydrogen (secondary N) is 2. The predicted molar refractivity (Wildman–Crippen MR) is 116 cm³/mol. The molecule has 0 unspecified atom stereocenters. The van der Waals surface area contributed by atoms with Gasteiger partial charge in [0.05, 0.1) is 15.9 Å². The molecule has 1 aromatic heterocycles. The van der Waals surface area contributed by atoms with E-state index >= 15 is 0 Å². The Balaban J connectivity index is 1.64. The van der Waals surface area contributed by atoms with Crippen molar-refractivity contribution in [3.63, 3.8) is 0 Å². The lowest BCUT2D eigenvalue weighted by atomic mass is 10.2. The molecule has 2 N–H and O–H groups in total. The molecule has 0 spiro atoms. The molecule has 1 saturated heterocycles. The van der Waals surface area contributed by atoms with E-state index in [0.717, 1.165) is 12.0 Å². The van der Waals surface area contributed by atoms with Crippen LogP contribution in [-0.2, 0) is 14.8 Å². The van der Waals surface area contributed by atoms with Crippen LogP contribution in [0.3, 0.4) is 0 Å². The van der Waals surface area contributed by atoms with Crippen molar-refractivity contribution >= 4 is 27.0 Å². The number of hydrogen-bond donors (Lipinski definition) is 2. The van der Waals surface area contributed by atoms with E-state index in [0.29, 0.717) is 36.2 Å². The van der Waals surface area contributed by atoms with Crippen molar-refractivity contribution in [3.05, 3.63) is 48.5 Å². The zero-order chi connectivity index (χ0) is 21.3. The monoisotopic (exact) mass is 426 g/mol. The van der Waals surface area contributed by atoms with Crippen molar-refractivity contribution in [3.8, 4) is 11.4 Å². The second-order valence-electron chi connectivity index (χ2n) is 7.72. The lowest BCUT2D eigenvalue weighted by Gasteiger charge is -2.24. The Morgan fingerprint density at radius 1 is 1.27 bits per heavy atom. The molecule has 1 amide bonds. The Bertz CT molecular complexity index is 1160. The summed E-state index contributed by atoms with van der Waals surface area (Å²) in [5.41, 5.74) is 2.27. The average Bonchev–Trinajstić information content (AvgIpc) is 3.41. The van der Waals surface area contributed by atoms with Gasteiger partial charge in [0, 0.05) is 18.2 Å². The third-order valence-electron chi connectivity index (χ3n) is 5.61. The third kappa shape index (κ3) is 3.85. The zero-order valence-electron chi connectivity index (χ0n) is 17.1. The molecule has 1 aliphatic rings. The van der Waals surface area contributed by atoms with Crippen LogP contribution in [-0.4, -0.2) is 47.2 Å². The van der Waals surface area contributed by atoms with Crippen LogP contribution in [0.5, 0.6) is 0 Å². The van der Waals surface area contributed by atoms with Crippen LogP contribution >= 0.6 is 0 Å². The van der Waals surface area contributed by atoms with E-state index in [-0.39, 0.29) is 16.8 Å². The van der Waals surface area contributed by atoms with Gasteiger partial charge in [-0.25, -0.2) is 13.4 Å². The second-order valence-corrected chi connectivity index (χ2v) is 9.61. The Kier molecular flexibility index (Phi) is 5.62. The summed E-state index contributed by atoms with van der Waals surface area (Å²) in [6.07, 6.45) is 2.00. The molecule has 0 aliphatic carbocycles. The van der Waals surface area contributed by atoms with Crippen LogP contribution in [0.15, 0.2) is 53.4 Å². The smallest absolute Gasteiger partial charge is 0.243 e. The SMILES string of the molecule is CC[C@H](C)NC(=O)[C@H]1CCCN1S(=O)(=O)c1ccc2nc(-c3ccccc3)[nH]c2c1. The minimum atomic E-state index is -3.80. The van der Waals surface area contributed by atoms with Crippen LogP contribution in [0.4, 0.5) is 0 Å². The molecular formula is C22H26N4O3S. The number of nitrogens with zero attached hydrogens (tertiary/aromatic N) is 2. The van der Waals surface area contributed by atoms with E-state index in [9.17, 15) is 13.2 Å². The number of aromatic nitrogens is 2. The van der Waals surface area contributed by atoms with Crippen LogP contribution in [0.25, 0.3) is 22.4 Å². The van der Waals surface area contributed by atoms with Gasteiger partial charge in [-0.1, -0.05) is 37.3 Å². The molecule has 4 rings (SSSR count). The van der Waals surface area contributed by atoms with Gasteiger partial charge in [-0.2, -0.15) is 4.31 Å². The first-order chi connectivity index (χ1) is 14.4. The van der Waals surface area contributed by atoms with Gasteiger partial charge in [0.2, 0.25) is 15.9 Å². The van der Waals surface area contributed by atoms with Gasteiger partial charge in [-0.3, -0.25) is 4.79 Å². The fraction of sp³-hybridized carbons (Fsp3) is 0.364. The van der Waals surface area contributed by atoms with Gasteiger partial charge >= 0.3 is 0 Å². The molecule has 158 valence electrons. The van der Waals surface area contributed by atoms with Crippen molar-refractivity contribution in [2.24, 2.45) is 0 Å². The number of rotatable bonds is 6. The van der Waals surface area contributed by atoms with Crippen molar-refractivity contribution in [2.45, 2.75) is 50.1 Å². The number of sulfonamides is 1. The van der Waals surface area contributed by atoms with E-state index in [1.807, 2.05) is 44.2 Å². The highest BCUT2D eigenvalue weighted by Crippen LogP contribution is 2.29. The van der Waals surface area contributed by atoms with E-state index in [1.54, 1.807) is 18.2 Å². The summed E-state index contributed by atoms with van der Waals surface area (Å²) in [5, 5.41) is 2.91. The highest BCUT2D eigenvalue weighted by atomic mass is 32.2. The van der Waals surface area contributed by atoms with E-state index in [4.69, 9.17) is 0 Å². The molecule has 2 atom stereocenters. The summed E-state index contributed by atoms with van der Waals surface area (Å²) >= 11 is 0. The number of fused-ring (bicyclic) bond motifs is 1. The first-order valence-electron chi connectivity index (χ1n) is 10.3. The molecule has 1 aliphatic heterocycles. The maximum atomic E-state index is 13.3. The number of benzene rings is 2. The third-order valence-corrected chi connectivity index (χ3v) is 7.52. The number of imidazole rings is 1. The average molecular weight is 427 g/mol. The topological polar surface area (TPSA) is 95.2 Å². The van der Waals surface area contributed by atoms with Crippen LogP contribution < -0.4 is 5.32 Å². The Morgan fingerprint density at radius 2 is 2.03 bits per heavy atom. The molecule has 8 heteroatoms. The Morgan fingerprint density at radius 3 is 2.77 bits per heavy atom. The number of carbonyl (C=O) groups is 1. The predicted octanol–water partition coefficient (Wildman–Crippen LogP) is 3.30. The van der Waals surface area contributed by atoms with Crippen molar-refractivity contribution in [1.29, 1.82) is 0 Å². The summed E-state index contributed by atoms with van der Waals surface area (Å²) in [5.74, 6) is 0.464. The van der Waals surface area contributed by atoms with E-state index in [2.05, 4.69) is 15.3 Å². The lowest BCUT2D eigenvalue weighted by Crippen LogP contribution is -2.48. The summed E-state index contributed by atoms with van der Waals surface area (Å²) < 4.78 is 28.0. The Hall–Kier alpha value is -2.71. The van der Waals surface area contributed by atoms with E-state index in [1.165, 1.54) is 4.31 Å². The summed E-state index contributed by atoms with van der Waals surface area (Å²) in [6, 6.07) is 13.9. The molecule has 0 bridgehead atoms. The molecule has 2 aromatic carbocycles. The van der Waals surface area contributed by atoms with Crippen molar-refractivity contribution < 1.29 is 13.2 Å². The molecule has 0 radical (unpaired) electrons. The van der Waals surface area contributed by atoms with Crippen molar-refractivity contribution in [2.75, 3.05) is 6.54 Å². The standard InChI is InChI=1S/C22H26N4O3S/c1-3-15(2)23-22(27)20-10-7-13-26(20)30(28,29)17-11-12-18-19(14-17)25-21(24-18)16-8-5-4-6-9-16/h4-6,8-9,11-12,14-15,20H,3,7,10,13H2,1-2H3,(H,23,27)(H,24,25)/t15-,20+/m0/s1. The van der Waals surface area contributed by atoms with Crippen molar-refractivity contribution in [1.82, 2.24) is 19.6 Å². The van der Waals surface area contributed by atoms with Crippen LogP contribution in [0, 0.1) is 0 Å². The lowest BCUT2D eigenvalue weighted by molar-refractivity contribution is -0.124. The minimum Gasteiger partial charge on any atom is -0.352 e. The summed E-state index contributed by atoms with van der Waals surface area (Å²) in [6.45, 7) is 4.25. The number of amides is 1. The highest BCUT2D eigenvalue weighted by molar-refractivity contribution is 7.89. The quantitative estimate of drug-likeness (QED) is 0.632. The molecular weight excluding hydrogens is 400 g/mol. The molecule has 0 saturated carbocycles. The molecule has 30 heavy (non-hydrogen) atoms.